The van der Waals surface area contributed by atoms with Crippen LogP contribution in [-0.2, 0) is 14.4 Å². The molecule has 1 fully saturated rings. The van der Waals surface area contributed by atoms with Crippen molar-refractivity contribution in [2.75, 3.05) is 11.9 Å². The molecule has 0 unspecified atom stereocenters. The maximum absolute atomic E-state index is 13.4. The van der Waals surface area contributed by atoms with Gasteiger partial charge in [-0.25, -0.2) is 13.2 Å². The van der Waals surface area contributed by atoms with Crippen LogP contribution in [0, 0.1) is 23.4 Å². The fourth-order valence-electron chi connectivity index (χ4n) is 3.69. The molecule has 190 valence electrons. The normalized spacial score (nSPS) is 18.9. The van der Waals surface area contributed by atoms with Crippen molar-refractivity contribution in [2.45, 2.75) is 38.0 Å². The van der Waals surface area contributed by atoms with E-state index in [1.54, 1.807) is 0 Å². The predicted octanol–water partition coefficient (Wildman–Crippen LogP) is 2.86. The largest absolute Gasteiger partial charge is 0.391 e. The molecule has 3 rings (SSSR count). The van der Waals surface area contributed by atoms with Gasteiger partial charge in [0.2, 0.25) is 5.91 Å². The van der Waals surface area contributed by atoms with Crippen molar-refractivity contribution in [1.29, 1.82) is 0 Å². The van der Waals surface area contributed by atoms with Gasteiger partial charge in [0.25, 0.3) is 0 Å². The summed E-state index contributed by atoms with van der Waals surface area (Å²) in [4.78, 5) is 38.6. The van der Waals surface area contributed by atoms with Crippen molar-refractivity contribution in [3.63, 3.8) is 0 Å². The zero-order valence-corrected chi connectivity index (χ0v) is 18.5. The molecule has 0 saturated carbocycles. The summed E-state index contributed by atoms with van der Waals surface area (Å²) in [5.41, 5.74) is -0.781. The molecule has 1 aromatic heterocycles. The smallest absolute Gasteiger partial charge is 0.339 e. The molecular weight excluding hydrogens is 510 g/mol. The molecule has 1 saturated heterocycles. The van der Waals surface area contributed by atoms with Crippen LogP contribution in [0.25, 0.3) is 0 Å². The molecule has 1 aliphatic rings. The quantitative estimate of drug-likeness (QED) is 0.314. The van der Waals surface area contributed by atoms with Crippen LogP contribution in [0.2, 0.25) is 5.15 Å². The Morgan fingerprint density at radius 3 is 2.37 bits per heavy atom. The molecule has 1 aromatic carbocycles. The molecule has 3 atom stereocenters. The Hall–Kier alpha value is -3.36. The average molecular weight is 527 g/mol. The van der Waals surface area contributed by atoms with E-state index in [1.165, 1.54) is 6.92 Å². The number of H-pyrrole nitrogens is 1. The van der Waals surface area contributed by atoms with E-state index in [0.29, 0.717) is 12.1 Å². The van der Waals surface area contributed by atoms with Crippen molar-refractivity contribution >= 4 is 35.0 Å². The molecule has 2 heterocycles. The summed E-state index contributed by atoms with van der Waals surface area (Å²) in [6.07, 6.45) is -6.28. The van der Waals surface area contributed by atoms with Crippen LogP contribution in [0.5, 0.6) is 0 Å². The molecule has 3 amide bonds. The first-order valence-corrected chi connectivity index (χ1v) is 10.4. The van der Waals surface area contributed by atoms with E-state index in [1.807, 2.05) is 10.5 Å². The number of nitrogens with zero attached hydrogens (tertiary/aromatic N) is 3. The molecular formula is C19H17ClF6N6O3. The number of anilines is 1. The van der Waals surface area contributed by atoms with Gasteiger partial charge in [0.1, 0.15) is 5.69 Å². The Balaban J connectivity index is 1.68. The van der Waals surface area contributed by atoms with E-state index in [2.05, 4.69) is 15.5 Å². The molecule has 2 aromatic rings. The minimum absolute atomic E-state index is 0.0409. The Morgan fingerprint density at radius 1 is 1.20 bits per heavy atom. The number of aromatic nitrogens is 3. The van der Waals surface area contributed by atoms with Crippen molar-refractivity contribution in [3.05, 3.63) is 40.4 Å². The third-order valence-corrected chi connectivity index (χ3v) is 5.68. The van der Waals surface area contributed by atoms with Crippen LogP contribution in [0.4, 0.5) is 32.0 Å². The van der Waals surface area contributed by atoms with Crippen molar-refractivity contribution in [3.8, 4) is 0 Å². The maximum Gasteiger partial charge on any atom is 0.391 e. The highest BCUT2D eigenvalue weighted by atomic mass is 35.5. The monoisotopic (exact) mass is 526 g/mol. The van der Waals surface area contributed by atoms with Crippen LogP contribution >= 0.6 is 11.6 Å². The fourth-order valence-corrected chi connectivity index (χ4v) is 3.90. The number of amides is 3. The van der Waals surface area contributed by atoms with Crippen LogP contribution < -0.4 is 10.6 Å². The highest BCUT2D eigenvalue weighted by Crippen LogP contribution is 2.31. The Bertz CT molecular complexity index is 1120. The maximum atomic E-state index is 13.4. The molecule has 1 aliphatic heterocycles. The van der Waals surface area contributed by atoms with E-state index in [0.717, 1.165) is 4.90 Å². The summed E-state index contributed by atoms with van der Waals surface area (Å²) in [5, 5.41) is 12.6. The lowest BCUT2D eigenvalue weighted by atomic mass is 10.0. The van der Waals surface area contributed by atoms with Gasteiger partial charge in [-0.1, -0.05) is 11.6 Å². The van der Waals surface area contributed by atoms with E-state index in [9.17, 15) is 40.7 Å². The minimum Gasteiger partial charge on any atom is -0.339 e. The summed E-state index contributed by atoms with van der Waals surface area (Å²) in [6.45, 7) is 1.31. The summed E-state index contributed by atoms with van der Waals surface area (Å²) in [5.74, 6) is -9.05. The number of hydrogen-bond acceptors (Lipinski definition) is 5. The van der Waals surface area contributed by atoms with Crippen LogP contribution in [0.1, 0.15) is 31.5 Å². The number of nitrogens with one attached hydrogen (secondary N) is 3. The second-order valence-corrected chi connectivity index (χ2v) is 8.08. The second kappa shape index (κ2) is 10.1. The van der Waals surface area contributed by atoms with Gasteiger partial charge in [-0.3, -0.25) is 14.4 Å². The zero-order valence-electron chi connectivity index (χ0n) is 17.7. The van der Waals surface area contributed by atoms with Gasteiger partial charge < -0.3 is 15.5 Å². The van der Waals surface area contributed by atoms with Gasteiger partial charge in [0, 0.05) is 30.4 Å². The number of aromatic amines is 1. The molecule has 16 heteroatoms. The minimum atomic E-state index is -4.74. The number of hydrogen-bond donors (Lipinski definition) is 3. The van der Waals surface area contributed by atoms with Gasteiger partial charge in [0.15, 0.2) is 22.6 Å². The Morgan fingerprint density at radius 2 is 1.83 bits per heavy atom. The summed E-state index contributed by atoms with van der Waals surface area (Å²) in [6, 6.07) is -1.57. The number of rotatable bonds is 5. The van der Waals surface area contributed by atoms with E-state index in [-0.39, 0.29) is 18.7 Å². The first-order chi connectivity index (χ1) is 16.3. The number of halogens is 7. The number of benzene rings is 1. The molecule has 0 bridgehead atoms. The lowest BCUT2D eigenvalue weighted by Crippen LogP contribution is -2.47. The summed E-state index contributed by atoms with van der Waals surface area (Å²) >= 11 is 5.69. The number of likely N-dealkylation sites (tertiary alicyclic amines) is 1. The second-order valence-electron chi connectivity index (χ2n) is 7.72. The highest BCUT2D eigenvalue weighted by Gasteiger charge is 2.42. The van der Waals surface area contributed by atoms with Crippen LogP contribution in [-0.4, -0.2) is 56.8 Å². The highest BCUT2D eigenvalue weighted by molar-refractivity contribution is 6.35. The van der Waals surface area contributed by atoms with Gasteiger partial charge in [0.05, 0.1) is 18.4 Å². The first kappa shape index (κ1) is 26.2. The third kappa shape index (κ3) is 6.01. The lowest BCUT2D eigenvalue weighted by Gasteiger charge is -2.25. The summed E-state index contributed by atoms with van der Waals surface area (Å²) in [7, 11) is 0. The fraction of sp³-hybridized carbons (Fsp3) is 0.421. The summed E-state index contributed by atoms with van der Waals surface area (Å²) < 4.78 is 78.8. The van der Waals surface area contributed by atoms with E-state index < -0.39 is 76.6 Å². The molecule has 0 aliphatic carbocycles. The first-order valence-electron chi connectivity index (χ1n) is 9.98. The van der Waals surface area contributed by atoms with Gasteiger partial charge in [-0.15, -0.1) is 5.10 Å². The molecule has 3 N–H and O–H groups in total. The van der Waals surface area contributed by atoms with Crippen molar-refractivity contribution in [1.82, 2.24) is 25.6 Å². The van der Waals surface area contributed by atoms with E-state index >= 15 is 0 Å². The predicted molar refractivity (Wildman–Crippen MR) is 107 cm³/mol. The number of alkyl halides is 3. The topological polar surface area (TPSA) is 120 Å². The van der Waals surface area contributed by atoms with Gasteiger partial charge in [-0.05, 0) is 13.3 Å². The third-order valence-electron chi connectivity index (χ3n) is 5.40. The molecule has 35 heavy (non-hydrogen) atoms. The van der Waals surface area contributed by atoms with Crippen molar-refractivity contribution in [2.24, 2.45) is 5.92 Å². The molecule has 9 nitrogen and oxygen atoms in total. The lowest BCUT2D eigenvalue weighted by molar-refractivity contribution is -0.151. The van der Waals surface area contributed by atoms with Crippen LogP contribution in [0.15, 0.2) is 12.1 Å². The van der Waals surface area contributed by atoms with Crippen molar-refractivity contribution < 1.29 is 40.7 Å². The Kier molecular flexibility index (Phi) is 7.57. The Labute approximate surface area is 198 Å². The molecule has 0 radical (unpaired) electrons. The number of carbonyl (C=O) groups is 3. The molecule has 0 spiro atoms. The zero-order chi connectivity index (χ0) is 26.1. The number of carbonyl (C=O) groups excluding carboxylic acids is 3. The SMILES string of the molecule is C[C@H]1[C@@H](C(=O)Nc2cc(F)c(F)c(F)c2)CCN1C(=O)C(=O)N[C@H](CC(F)(F)F)c1n[nH]nc1Cl. The van der Waals surface area contributed by atoms with Gasteiger partial charge in [-0.2, -0.15) is 23.5 Å². The van der Waals surface area contributed by atoms with E-state index in [4.69, 9.17) is 11.6 Å². The van der Waals surface area contributed by atoms with Crippen LogP contribution in [0.3, 0.4) is 0 Å². The standard InChI is InChI=1S/C19H17ClF6N6O3/c1-7-9(16(33)27-8-4-10(21)13(23)11(22)5-8)2-3-32(7)18(35)17(34)28-12(6-19(24,25)26)14-15(20)30-31-29-14/h4-5,7,9,12H,2-3,6H2,1H3,(H,27,33)(H,28,34)(H,29,30,31)/t7-,9-,12+/m0/s1. The average Bonchev–Trinajstić information content (AvgIpc) is 3.35. The van der Waals surface area contributed by atoms with Gasteiger partial charge >= 0.3 is 18.0 Å².